The number of benzene rings is 1. The van der Waals surface area contributed by atoms with Crippen LogP contribution >= 0.6 is 0 Å². The quantitative estimate of drug-likeness (QED) is 0.795. The zero-order valence-corrected chi connectivity index (χ0v) is 10.4. The minimum Gasteiger partial charge on any atom is -0.330 e. The Balaban J connectivity index is 0. The normalized spacial score (nSPS) is 8.13. The summed E-state index contributed by atoms with van der Waals surface area (Å²) in [5.74, 6) is -0.194. The highest BCUT2D eigenvalue weighted by molar-refractivity contribution is 5.16. The van der Waals surface area contributed by atoms with Gasteiger partial charge in [-0.15, -0.1) is 0 Å². The Morgan fingerprint density at radius 1 is 1.07 bits per heavy atom. The molecule has 0 heterocycles. The van der Waals surface area contributed by atoms with Crippen LogP contribution < -0.4 is 5.73 Å². The molecule has 0 spiro atoms. The maximum Gasteiger partial charge on any atom is 0.123 e. The number of halogens is 1. The van der Waals surface area contributed by atoms with Gasteiger partial charge in [-0.05, 0) is 30.7 Å². The smallest absolute Gasteiger partial charge is 0.123 e. The molecule has 2 N–H and O–H groups in total. The van der Waals surface area contributed by atoms with Gasteiger partial charge in [-0.1, -0.05) is 46.2 Å². The van der Waals surface area contributed by atoms with Crippen molar-refractivity contribution in [3.05, 3.63) is 35.6 Å². The van der Waals surface area contributed by atoms with E-state index in [0.29, 0.717) is 6.54 Å². The summed E-state index contributed by atoms with van der Waals surface area (Å²) in [5.41, 5.74) is 6.39. The summed E-state index contributed by atoms with van der Waals surface area (Å²) < 4.78 is 12.3. The lowest BCUT2D eigenvalue weighted by Crippen LogP contribution is -2.02. The van der Waals surface area contributed by atoms with Crippen LogP contribution in [0.5, 0.6) is 0 Å². The van der Waals surface area contributed by atoms with E-state index in [4.69, 9.17) is 5.73 Å². The van der Waals surface area contributed by atoms with E-state index >= 15 is 0 Å². The Kier molecular flexibility index (Phi) is 14.5. The summed E-state index contributed by atoms with van der Waals surface area (Å²) in [6.45, 7) is 8.87. The number of rotatable bonds is 2. The summed E-state index contributed by atoms with van der Waals surface area (Å²) in [6.07, 6.45) is 2.07. The fourth-order valence-electron chi connectivity index (χ4n) is 0.818. The van der Waals surface area contributed by atoms with Crippen LogP contribution in [-0.2, 0) is 6.42 Å². The van der Waals surface area contributed by atoms with Crippen LogP contribution in [0.25, 0.3) is 0 Å². The molecule has 1 aromatic rings. The molecule has 0 aliphatic carbocycles. The van der Waals surface area contributed by atoms with Crippen LogP contribution in [0.15, 0.2) is 24.3 Å². The maximum absolute atomic E-state index is 12.3. The zero-order valence-electron chi connectivity index (χ0n) is 10.4. The highest BCUT2D eigenvalue weighted by Crippen LogP contribution is 2.01. The van der Waals surface area contributed by atoms with Crippen molar-refractivity contribution >= 4 is 0 Å². The van der Waals surface area contributed by atoms with Gasteiger partial charge in [0.1, 0.15) is 5.82 Å². The average Bonchev–Trinajstić information content (AvgIpc) is 2.26. The third-order valence-electron chi connectivity index (χ3n) is 1.35. The standard InChI is InChI=1S/C8H10FN.C3H8.C2H6/c9-8-3-1-7(2-4-8)5-6-10;1-3-2;1-2/h1-4H,5-6,10H2;3H2,1-2H3;1-2H3. The minimum atomic E-state index is -0.194. The van der Waals surface area contributed by atoms with Crippen molar-refractivity contribution < 1.29 is 4.39 Å². The molecule has 1 rings (SSSR count). The summed E-state index contributed by atoms with van der Waals surface area (Å²) in [5, 5.41) is 0. The average molecular weight is 213 g/mol. The molecule has 0 saturated carbocycles. The first-order chi connectivity index (χ1) is 7.24. The van der Waals surface area contributed by atoms with E-state index in [1.54, 1.807) is 12.1 Å². The SMILES string of the molecule is CC.CCC.NCCc1ccc(F)cc1. The topological polar surface area (TPSA) is 26.0 Å². The Morgan fingerprint density at radius 2 is 1.47 bits per heavy atom. The molecule has 88 valence electrons. The van der Waals surface area contributed by atoms with Crippen molar-refractivity contribution in [1.82, 2.24) is 0 Å². The van der Waals surface area contributed by atoms with E-state index in [9.17, 15) is 4.39 Å². The van der Waals surface area contributed by atoms with E-state index in [0.717, 1.165) is 12.0 Å². The first-order valence-electron chi connectivity index (χ1n) is 5.69. The van der Waals surface area contributed by atoms with E-state index in [-0.39, 0.29) is 5.82 Å². The Hall–Kier alpha value is -0.890. The second kappa shape index (κ2) is 13.1. The van der Waals surface area contributed by atoms with Crippen molar-refractivity contribution in [2.75, 3.05) is 6.54 Å². The zero-order chi connectivity index (χ0) is 12.1. The Bertz CT molecular complexity index is 206. The molecule has 0 saturated heterocycles. The van der Waals surface area contributed by atoms with Gasteiger partial charge in [0.05, 0.1) is 0 Å². The highest BCUT2D eigenvalue weighted by Gasteiger charge is 1.90. The molecule has 0 aliphatic heterocycles. The highest BCUT2D eigenvalue weighted by atomic mass is 19.1. The number of hydrogen-bond acceptors (Lipinski definition) is 1. The first kappa shape index (κ1) is 16.5. The van der Waals surface area contributed by atoms with Crippen LogP contribution in [-0.4, -0.2) is 6.54 Å². The molecule has 0 amide bonds. The number of nitrogens with two attached hydrogens (primary N) is 1. The molecular formula is C13H24FN. The van der Waals surface area contributed by atoms with Gasteiger partial charge in [0.15, 0.2) is 0 Å². The van der Waals surface area contributed by atoms with Gasteiger partial charge >= 0.3 is 0 Å². The summed E-state index contributed by atoms with van der Waals surface area (Å²) in [4.78, 5) is 0. The Morgan fingerprint density at radius 3 is 1.80 bits per heavy atom. The largest absolute Gasteiger partial charge is 0.330 e. The molecule has 0 fully saturated rings. The van der Waals surface area contributed by atoms with E-state index in [2.05, 4.69) is 13.8 Å². The third kappa shape index (κ3) is 11.0. The van der Waals surface area contributed by atoms with Crippen molar-refractivity contribution in [2.24, 2.45) is 5.73 Å². The Labute approximate surface area is 93.5 Å². The van der Waals surface area contributed by atoms with E-state index in [1.807, 2.05) is 13.8 Å². The molecule has 0 unspecified atom stereocenters. The van der Waals surface area contributed by atoms with Crippen LogP contribution in [0.2, 0.25) is 0 Å². The van der Waals surface area contributed by atoms with Gasteiger partial charge in [-0.3, -0.25) is 0 Å². The van der Waals surface area contributed by atoms with Crippen LogP contribution in [0.1, 0.15) is 39.7 Å². The van der Waals surface area contributed by atoms with Crippen LogP contribution in [0.3, 0.4) is 0 Å². The van der Waals surface area contributed by atoms with E-state index < -0.39 is 0 Å². The fourth-order valence-corrected chi connectivity index (χ4v) is 0.818. The van der Waals surface area contributed by atoms with Crippen molar-refractivity contribution in [3.63, 3.8) is 0 Å². The maximum atomic E-state index is 12.3. The van der Waals surface area contributed by atoms with Gasteiger partial charge < -0.3 is 5.73 Å². The fraction of sp³-hybridized carbons (Fsp3) is 0.538. The van der Waals surface area contributed by atoms with Gasteiger partial charge in [0.25, 0.3) is 0 Å². The molecule has 0 aliphatic rings. The molecule has 1 nitrogen and oxygen atoms in total. The van der Waals surface area contributed by atoms with Crippen molar-refractivity contribution in [2.45, 2.75) is 40.5 Å². The lowest BCUT2D eigenvalue weighted by molar-refractivity contribution is 0.627. The molecule has 2 heteroatoms. The van der Waals surface area contributed by atoms with Gasteiger partial charge in [0.2, 0.25) is 0 Å². The molecule has 0 atom stereocenters. The van der Waals surface area contributed by atoms with Crippen molar-refractivity contribution in [3.8, 4) is 0 Å². The van der Waals surface area contributed by atoms with Gasteiger partial charge in [-0.2, -0.15) is 0 Å². The predicted octanol–water partition coefficient (Wildman–Crippen LogP) is 3.77. The second-order valence-electron chi connectivity index (χ2n) is 2.87. The summed E-state index contributed by atoms with van der Waals surface area (Å²) in [7, 11) is 0. The first-order valence-corrected chi connectivity index (χ1v) is 5.69. The van der Waals surface area contributed by atoms with Crippen LogP contribution in [0, 0.1) is 5.82 Å². The molecular weight excluding hydrogens is 189 g/mol. The second-order valence-corrected chi connectivity index (χ2v) is 2.87. The van der Waals surface area contributed by atoms with Crippen LogP contribution in [0.4, 0.5) is 4.39 Å². The lowest BCUT2D eigenvalue weighted by atomic mass is 10.1. The third-order valence-corrected chi connectivity index (χ3v) is 1.35. The van der Waals surface area contributed by atoms with Gasteiger partial charge in [-0.25, -0.2) is 4.39 Å². The molecule has 0 aromatic heterocycles. The lowest BCUT2D eigenvalue weighted by Gasteiger charge is -1.95. The summed E-state index contributed by atoms with van der Waals surface area (Å²) >= 11 is 0. The predicted molar refractivity (Wildman–Crippen MR) is 66.5 cm³/mol. The van der Waals surface area contributed by atoms with E-state index in [1.165, 1.54) is 18.6 Å². The molecule has 15 heavy (non-hydrogen) atoms. The summed E-state index contributed by atoms with van der Waals surface area (Å²) in [6, 6.07) is 6.40. The monoisotopic (exact) mass is 213 g/mol. The molecule has 0 bridgehead atoms. The minimum absolute atomic E-state index is 0.194. The number of hydrogen-bond donors (Lipinski definition) is 1. The molecule has 0 radical (unpaired) electrons. The van der Waals surface area contributed by atoms with Gasteiger partial charge in [0, 0.05) is 0 Å². The molecule has 1 aromatic carbocycles. The van der Waals surface area contributed by atoms with Crippen molar-refractivity contribution in [1.29, 1.82) is 0 Å².